The van der Waals surface area contributed by atoms with E-state index in [0.29, 0.717) is 6.07 Å². The summed E-state index contributed by atoms with van der Waals surface area (Å²) in [5.74, 6) is -2.30. The number of nitrogens with two attached hydrogens (primary N) is 1. The molecule has 20 heavy (non-hydrogen) atoms. The highest BCUT2D eigenvalue weighted by Gasteiger charge is 2.28. The molecule has 1 rings (SSSR count). The third-order valence-corrected chi connectivity index (χ3v) is 5.20. The predicted molar refractivity (Wildman–Crippen MR) is 76.7 cm³/mol. The fourth-order valence-electron chi connectivity index (χ4n) is 1.62. The smallest absolute Gasteiger partial charge is 0.245 e. The highest BCUT2D eigenvalue weighted by molar-refractivity contribution is 7.89. The number of benzene rings is 1. The van der Waals surface area contributed by atoms with Crippen molar-refractivity contribution in [2.75, 3.05) is 13.1 Å². The lowest BCUT2D eigenvalue weighted by atomic mass is 10.2. The summed E-state index contributed by atoms with van der Waals surface area (Å²) in [4.78, 5) is -0.380. The largest absolute Gasteiger partial charge is 0.393 e. The molecule has 1 aromatic carbocycles. The Morgan fingerprint density at radius 3 is 2.50 bits per heavy atom. The van der Waals surface area contributed by atoms with E-state index in [-0.39, 0.29) is 24.0 Å². The van der Waals surface area contributed by atoms with Crippen LogP contribution in [-0.2, 0) is 10.0 Å². The zero-order chi connectivity index (χ0) is 15.5. The van der Waals surface area contributed by atoms with Gasteiger partial charge in [-0.1, -0.05) is 26.1 Å². The maximum Gasteiger partial charge on any atom is 0.245 e. The van der Waals surface area contributed by atoms with Gasteiger partial charge in [-0.2, -0.15) is 4.31 Å². The maximum absolute atomic E-state index is 13.6. The molecule has 112 valence electrons. The van der Waals surface area contributed by atoms with Gasteiger partial charge in [0, 0.05) is 25.1 Å². The zero-order valence-corrected chi connectivity index (χ0v) is 12.8. The molecule has 0 aliphatic heterocycles. The van der Waals surface area contributed by atoms with E-state index in [1.54, 1.807) is 13.8 Å². The predicted octanol–water partition coefficient (Wildman–Crippen LogP) is 1.90. The summed E-state index contributed by atoms with van der Waals surface area (Å²) in [6, 6.07) is 2.35. The van der Waals surface area contributed by atoms with Crippen molar-refractivity contribution in [3.8, 4) is 0 Å². The van der Waals surface area contributed by atoms with Crippen LogP contribution in [0.15, 0.2) is 23.1 Å². The van der Waals surface area contributed by atoms with Crippen LogP contribution in [0.3, 0.4) is 0 Å². The van der Waals surface area contributed by atoms with Crippen molar-refractivity contribution < 1.29 is 17.2 Å². The summed E-state index contributed by atoms with van der Waals surface area (Å²) in [7, 11) is -4.05. The Bertz CT molecular complexity index is 605. The van der Waals surface area contributed by atoms with Crippen LogP contribution in [0, 0.1) is 17.6 Å². The van der Waals surface area contributed by atoms with Crippen molar-refractivity contribution in [3.63, 3.8) is 0 Å². The molecule has 0 fully saturated rings. The summed E-state index contributed by atoms with van der Waals surface area (Å²) in [5.41, 5.74) is 5.46. The summed E-state index contributed by atoms with van der Waals surface area (Å²) < 4.78 is 52.2. The quantitative estimate of drug-likeness (QED) is 0.813. The van der Waals surface area contributed by atoms with Gasteiger partial charge in [-0.25, -0.2) is 17.2 Å². The molecule has 8 heteroatoms. The Hall–Kier alpha value is -1.12. The van der Waals surface area contributed by atoms with Gasteiger partial charge in [0.25, 0.3) is 0 Å². The van der Waals surface area contributed by atoms with E-state index in [1.165, 1.54) is 0 Å². The van der Waals surface area contributed by atoms with Crippen molar-refractivity contribution in [2.24, 2.45) is 11.7 Å². The molecule has 1 atom stereocenters. The van der Waals surface area contributed by atoms with Crippen molar-refractivity contribution in [2.45, 2.75) is 18.7 Å². The van der Waals surface area contributed by atoms with Crippen LogP contribution in [0.4, 0.5) is 8.78 Å². The van der Waals surface area contributed by atoms with Gasteiger partial charge in [-0.05, 0) is 12.1 Å². The van der Waals surface area contributed by atoms with Gasteiger partial charge in [-0.3, -0.25) is 0 Å². The van der Waals surface area contributed by atoms with Gasteiger partial charge in [0.05, 0.1) is 4.99 Å². The van der Waals surface area contributed by atoms with Crippen LogP contribution in [0.1, 0.15) is 13.8 Å². The molecular weight excluding hydrogens is 306 g/mol. The minimum atomic E-state index is -4.05. The van der Waals surface area contributed by atoms with Gasteiger partial charge in [-0.15, -0.1) is 0 Å². The second-order valence-electron chi connectivity index (χ2n) is 4.33. The van der Waals surface area contributed by atoms with E-state index in [9.17, 15) is 17.2 Å². The normalized spacial score (nSPS) is 13.4. The highest BCUT2D eigenvalue weighted by atomic mass is 32.2. The van der Waals surface area contributed by atoms with E-state index in [2.05, 4.69) is 0 Å². The third-order valence-electron chi connectivity index (χ3n) is 2.83. The number of hydrogen-bond acceptors (Lipinski definition) is 3. The topological polar surface area (TPSA) is 63.4 Å². The van der Waals surface area contributed by atoms with Crippen LogP contribution in [-0.4, -0.2) is 30.8 Å². The Morgan fingerprint density at radius 1 is 1.45 bits per heavy atom. The number of thiocarbonyl (C=S) groups is 1. The first-order valence-electron chi connectivity index (χ1n) is 5.94. The number of hydrogen-bond donors (Lipinski definition) is 1. The van der Waals surface area contributed by atoms with Crippen LogP contribution in [0.25, 0.3) is 0 Å². The number of nitrogens with zero attached hydrogens (tertiary/aromatic N) is 1. The molecule has 0 saturated carbocycles. The summed E-state index contributed by atoms with van der Waals surface area (Å²) in [5, 5.41) is 0. The summed E-state index contributed by atoms with van der Waals surface area (Å²) >= 11 is 4.80. The molecule has 0 aliphatic carbocycles. The van der Waals surface area contributed by atoms with Gasteiger partial charge >= 0.3 is 0 Å². The molecule has 2 N–H and O–H groups in total. The lowest BCUT2D eigenvalue weighted by molar-refractivity contribution is 0.401. The van der Waals surface area contributed by atoms with E-state index in [1.807, 2.05) is 0 Å². The Balaban J connectivity index is 3.15. The summed E-state index contributed by atoms with van der Waals surface area (Å²) in [6.45, 7) is 3.48. The Labute approximate surface area is 122 Å². The van der Waals surface area contributed by atoms with Gasteiger partial charge in [0.2, 0.25) is 10.0 Å². The molecular formula is C12H16F2N2O2S2. The fourth-order valence-corrected chi connectivity index (χ4v) is 3.27. The Kier molecular flexibility index (Phi) is 5.55. The van der Waals surface area contributed by atoms with Crippen LogP contribution < -0.4 is 5.73 Å². The fraction of sp³-hybridized carbons (Fsp3) is 0.417. The van der Waals surface area contributed by atoms with E-state index in [4.69, 9.17) is 18.0 Å². The van der Waals surface area contributed by atoms with Crippen LogP contribution in [0.5, 0.6) is 0 Å². The van der Waals surface area contributed by atoms with Gasteiger partial charge in [0.15, 0.2) is 0 Å². The second kappa shape index (κ2) is 6.55. The number of rotatable bonds is 6. The molecule has 0 saturated heterocycles. The average Bonchev–Trinajstić information content (AvgIpc) is 2.34. The van der Waals surface area contributed by atoms with Crippen molar-refractivity contribution in [3.05, 3.63) is 29.8 Å². The SMILES string of the molecule is CCN(CC(C)C(N)=S)S(=O)(=O)c1ccc(F)cc1F. The lowest BCUT2D eigenvalue weighted by Crippen LogP contribution is -2.38. The molecule has 0 amide bonds. The minimum absolute atomic E-state index is 0.0466. The first kappa shape index (κ1) is 16.9. The molecule has 0 radical (unpaired) electrons. The van der Waals surface area contributed by atoms with Gasteiger partial charge in [0.1, 0.15) is 16.5 Å². The minimum Gasteiger partial charge on any atom is -0.393 e. The molecule has 0 bridgehead atoms. The Morgan fingerprint density at radius 2 is 2.05 bits per heavy atom. The standard InChI is InChI=1S/C12H16F2N2O2S2/c1-3-16(7-8(2)12(15)19)20(17,18)11-5-4-9(13)6-10(11)14/h4-6,8H,3,7H2,1-2H3,(H2,15,19). The molecule has 1 unspecified atom stereocenters. The molecule has 0 heterocycles. The molecule has 0 aliphatic rings. The first-order valence-corrected chi connectivity index (χ1v) is 7.79. The third kappa shape index (κ3) is 3.71. The summed E-state index contributed by atoms with van der Waals surface area (Å²) in [6.07, 6.45) is 0. The van der Waals surface area contributed by atoms with E-state index < -0.39 is 26.6 Å². The van der Waals surface area contributed by atoms with Gasteiger partial charge < -0.3 is 5.73 Å². The molecule has 4 nitrogen and oxygen atoms in total. The zero-order valence-electron chi connectivity index (χ0n) is 11.1. The lowest BCUT2D eigenvalue weighted by Gasteiger charge is -2.23. The molecule has 0 spiro atoms. The van der Waals surface area contributed by atoms with E-state index in [0.717, 1.165) is 16.4 Å². The highest BCUT2D eigenvalue weighted by Crippen LogP contribution is 2.21. The monoisotopic (exact) mass is 322 g/mol. The average molecular weight is 322 g/mol. The van der Waals surface area contributed by atoms with Crippen molar-refractivity contribution >= 4 is 27.2 Å². The maximum atomic E-state index is 13.6. The number of sulfonamides is 1. The van der Waals surface area contributed by atoms with Crippen LogP contribution >= 0.6 is 12.2 Å². The van der Waals surface area contributed by atoms with Crippen molar-refractivity contribution in [1.29, 1.82) is 0 Å². The molecule has 1 aromatic rings. The van der Waals surface area contributed by atoms with Crippen LogP contribution in [0.2, 0.25) is 0 Å². The van der Waals surface area contributed by atoms with E-state index >= 15 is 0 Å². The second-order valence-corrected chi connectivity index (χ2v) is 6.71. The molecule has 0 aromatic heterocycles. The first-order chi connectivity index (χ1) is 9.20. The number of halogens is 2. The van der Waals surface area contributed by atoms with Crippen molar-refractivity contribution in [1.82, 2.24) is 4.31 Å².